The van der Waals surface area contributed by atoms with E-state index >= 15 is 0 Å². The molecule has 0 spiro atoms. The number of nitrogens with one attached hydrogen (secondary N) is 1. The number of anilines is 1. The second-order valence-electron chi connectivity index (χ2n) is 6.16. The topological polar surface area (TPSA) is 69.6 Å². The van der Waals surface area contributed by atoms with Gasteiger partial charge in [0.05, 0.1) is 10.6 Å². The highest BCUT2D eigenvalue weighted by Crippen LogP contribution is 2.27. The van der Waals surface area contributed by atoms with E-state index in [-0.39, 0.29) is 18.4 Å². The minimum Gasteiger partial charge on any atom is -0.396 e. The maximum atomic E-state index is 12.6. The molecule has 1 aliphatic heterocycles. The molecule has 0 bridgehead atoms. The zero-order chi connectivity index (χ0) is 17.0. The van der Waals surface area contributed by atoms with Crippen LogP contribution >= 0.6 is 11.6 Å². The Bertz CT molecular complexity index is 606. The van der Waals surface area contributed by atoms with Gasteiger partial charge in [-0.2, -0.15) is 0 Å². The van der Waals surface area contributed by atoms with Crippen molar-refractivity contribution in [1.82, 2.24) is 5.32 Å². The van der Waals surface area contributed by atoms with Crippen LogP contribution in [0.15, 0.2) is 18.2 Å². The third-order valence-electron chi connectivity index (χ3n) is 4.44. The minimum atomic E-state index is -0.491. The van der Waals surface area contributed by atoms with Crippen LogP contribution in [-0.4, -0.2) is 35.6 Å². The Kier molecular flexibility index (Phi) is 5.65. The van der Waals surface area contributed by atoms with Crippen molar-refractivity contribution < 1.29 is 14.7 Å². The van der Waals surface area contributed by atoms with Crippen LogP contribution in [0.2, 0.25) is 5.02 Å². The molecule has 126 valence electrons. The summed E-state index contributed by atoms with van der Waals surface area (Å²) < 4.78 is 0. The largest absolute Gasteiger partial charge is 0.396 e. The Morgan fingerprint density at radius 2 is 2.22 bits per heavy atom. The lowest BCUT2D eigenvalue weighted by Gasteiger charge is -2.29. The van der Waals surface area contributed by atoms with Gasteiger partial charge < -0.3 is 15.3 Å². The fourth-order valence-electron chi connectivity index (χ4n) is 2.69. The number of carbonyl (C=O) groups excluding carboxylic acids is 2. The molecule has 1 saturated heterocycles. The zero-order valence-electron chi connectivity index (χ0n) is 13.6. The van der Waals surface area contributed by atoms with E-state index in [2.05, 4.69) is 5.32 Å². The highest BCUT2D eigenvalue weighted by molar-refractivity contribution is 6.34. The second kappa shape index (κ2) is 7.32. The molecule has 0 aromatic heterocycles. The molecular weight excluding hydrogens is 316 g/mol. The average molecular weight is 339 g/mol. The molecule has 1 aromatic carbocycles. The number of halogens is 1. The Morgan fingerprint density at radius 1 is 1.48 bits per heavy atom. The number of hydrogen-bond donors (Lipinski definition) is 2. The average Bonchev–Trinajstić information content (AvgIpc) is 2.94. The van der Waals surface area contributed by atoms with Crippen LogP contribution < -0.4 is 10.2 Å². The Labute approximate surface area is 141 Å². The molecule has 1 aliphatic rings. The Hall–Kier alpha value is -1.59. The number of amides is 2. The molecular formula is C17H23ClN2O3. The summed E-state index contributed by atoms with van der Waals surface area (Å²) in [5.74, 6) is -0.223. The highest BCUT2D eigenvalue weighted by atomic mass is 35.5. The maximum absolute atomic E-state index is 12.6. The van der Waals surface area contributed by atoms with E-state index in [4.69, 9.17) is 16.7 Å². The molecule has 5 nitrogen and oxygen atoms in total. The van der Waals surface area contributed by atoms with Crippen molar-refractivity contribution in [3.05, 3.63) is 28.8 Å². The molecule has 1 fully saturated rings. The summed E-state index contributed by atoms with van der Waals surface area (Å²) in [7, 11) is 0. The van der Waals surface area contributed by atoms with E-state index in [9.17, 15) is 9.59 Å². The highest BCUT2D eigenvalue weighted by Gasteiger charge is 2.27. The standard InChI is InChI=1S/C17H23ClN2O3/c1-3-17(2,8-10-21)19-16(23)13-11-12(6-7-14(13)18)20-9-4-5-15(20)22/h6-7,11,21H,3-5,8-10H2,1-2H3,(H,19,23). The fourth-order valence-corrected chi connectivity index (χ4v) is 2.90. The minimum absolute atomic E-state index is 0.000666. The van der Waals surface area contributed by atoms with E-state index < -0.39 is 5.54 Å². The molecule has 23 heavy (non-hydrogen) atoms. The SMILES string of the molecule is CCC(C)(CCO)NC(=O)c1cc(N2CCCC2=O)ccc1Cl. The number of hydrogen-bond acceptors (Lipinski definition) is 3. The van der Waals surface area contributed by atoms with Crippen LogP contribution in [-0.2, 0) is 4.79 Å². The number of aliphatic hydroxyl groups excluding tert-OH is 1. The molecule has 0 radical (unpaired) electrons. The summed E-state index contributed by atoms with van der Waals surface area (Å²) >= 11 is 6.17. The van der Waals surface area contributed by atoms with Crippen LogP contribution in [0.3, 0.4) is 0 Å². The van der Waals surface area contributed by atoms with Gasteiger partial charge in [0.1, 0.15) is 0 Å². The first-order valence-corrected chi connectivity index (χ1v) is 8.31. The third-order valence-corrected chi connectivity index (χ3v) is 4.77. The summed E-state index contributed by atoms with van der Waals surface area (Å²) in [4.78, 5) is 26.1. The first-order valence-electron chi connectivity index (χ1n) is 7.93. The van der Waals surface area contributed by atoms with E-state index in [1.165, 1.54) is 0 Å². The van der Waals surface area contributed by atoms with E-state index in [0.29, 0.717) is 42.1 Å². The predicted molar refractivity (Wildman–Crippen MR) is 90.9 cm³/mol. The summed E-state index contributed by atoms with van der Waals surface area (Å²) in [6.07, 6.45) is 2.53. The summed E-state index contributed by atoms with van der Waals surface area (Å²) in [5, 5.41) is 12.5. The van der Waals surface area contributed by atoms with Gasteiger partial charge in [-0.3, -0.25) is 9.59 Å². The van der Waals surface area contributed by atoms with Gasteiger partial charge in [0.25, 0.3) is 5.91 Å². The van der Waals surface area contributed by atoms with Crippen molar-refractivity contribution in [1.29, 1.82) is 0 Å². The number of benzene rings is 1. The van der Waals surface area contributed by atoms with Crippen molar-refractivity contribution in [2.75, 3.05) is 18.1 Å². The first-order chi connectivity index (χ1) is 10.9. The van der Waals surface area contributed by atoms with Crippen molar-refractivity contribution in [3.8, 4) is 0 Å². The number of aliphatic hydroxyl groups is 1. The van der Waals surface area contributed by atoms with Crippen LogP contribution in [0, 0.1) is 0 Å². The van der Waals surface area contributed by atoms with E-state index in [1.54, 1.807) is 23.1 Å². The predicted octanol–water partition coefficient (Wildman–Crippen LogP) is 2.75. The maximum Gasteiger partial charge on any atom is 0.253 e. The molecule has 1 heterocycles. The molecule has 6 heteroatoms. The van der Waals surface area contributed by atoms with Crippen molar-refractivity contribution in [2.45, 2.75) is 45.1 Å². The van der Waals surface area contributed by atoms with Gasteiger partial charge in [0.2, 0.25) is 5.91 Å². The molecule has 1 atom stereocenters. The molecule has 2 rings (SSSR count). The second-order valence-corrected chi connectivity index (χ2v) is 6.56. The van der Waals surface area contributed by atoms with Crippen molar-refractivity contribution >= 4 is 29.1 Å². The number of nitrogens with zero attached hydrogens (tertiary/aromatic N) is 1. The van der Waals surface area contributed by atoms with Gasteiger partial charge >= 0.3 is 0 Å². The lowest BCUT2D eigenvalue weighted by atomic mass is 9.94. The molecule has 1 unspecified atom stereocenters. The van der Waals surface area contributed by atoms with Gasteiger partial charge in [-0.05, 0) is 44.4 Å². The number of rotatable bonds is 6. The Balaban J connectivity index is 2.24. The van der Waals surface area contributed by atoms with Crippen LogP contribution in [0.1, 0.15) is 49.9 Å². The molecule has 0 saturated carbocycles. The van der Waals surface area contributed by atoms with Crippen LogP contribution in [0.4, 0.5) is 5.69 Å². The quantitative estimate of drug-likeness (QED) is 0.838. The third kappa shape index (κ3) is 4.03. The van der Waals surface area contributed by atoms with Crippen molar-refractivity contribution in [3.63, 3.8) is 0 Å². The van der Waals surface area contributed by atoms with Gasteiger partial charge in [0, 0.05) is 30.8 Å². The lowest BCUT2D eigenvalue weighted by molar-refractivity contribution is -0.117. The normalized spacial score (nSPS) is 17.2. The van der Waals surface area contributed by atoms with Gasteiger partial charge in [-0.15, -0.1) is 0 Å². The smallest absolute Gasteiger partial charge is 0.253 e. The molecule has 2 amide bonds. The van der Waals surface area contributed by atoms with Crippen molar-refractivity contribution in [2.24, 2.45) is 0 Å². The first kappa shape index (κ1) is 17.8. The van der Waals surface area contributed by atoms with Crippen LogP contribution in [0.25, 0.3) is 0 Å². The monoisotopic (exact) mass is 338 g/mol. The summed E-state index contributed by atoms with van der Waals surface area (Å²) in [5.41, 5.74) is 0.554. The lowest BCUT2D eigenvalue weighted by Crippen LogP contribution is -2.46. The zero-order valence-corrected chi connectivity index (χ0v) is 14.3. The van der Waals surface area contributed by atoms with Gasteiger partial charge in [-0.25, -0.2) is 0 Å². The fraction of sp³-hybridized carbons (Fsp3) is 0.529. The summed E-state index contributed by atoms with van der Waals surface area (Å²) in [6.45, 7) is 4.51. The molecule has 0 aliphatic carbocycles. The van der Waals surface area contributed by atoms with Crippen LogP contribution in [0.5, 0.6) is 0 Å². The molecule has 2 N–H and O–H groups in total. The molecule has 1 aromatic rings. The summed E-state index contributed by atoms with van der Waals surface area (Å²) in [6, 6.07) is 5.07. The van der Waals surface area contributed by atoms with Gasteiger partial charge in [-0.1, -0.05) is 18.5 Å². The Morgan fingerprint density at radius 3 is 2.78 bits per heavy atom. The van der Waals surface area contributed by atoms with E-state index in [0.717, 1.165) is 6.42 Å². The van der Waals surface area contributed by atoms with Gasteiger partial charge in [0.15, 0.2) is 0 Å². The number of carbonyl (C=O) groups is 2. The van der Waals surface area contributed by atoms with E-state index in [1.807, 2.05) is 13.8 Å².